The molecule has 0 aliphatic carbocycles. The lowest BCUT2D eigenvalue weighted by atomic mass is 10.0. The third kappa shape index (κ3) is 3.37. The Hall–Kier alpha value is -2.87. The van der Waals surface area contributed by atoms with E-state index in [1.54, 1.807) is 12.1 Å². The molecule has 106 valence electrons. The fourth-order valence-electron chi connectivity index (χ4n) is 2.14. The van der Waals surface area contributed by atoms with Crippen LogP contribution in [0.1, 0.15) is 24.0 Å². The lowest BCUT2D eigenvalue weighted by Crippen LogP contribution is -2.11. The van der Waals surface area contributed by atoms with Gasteiger partial charge < -0.3 is 5.32 Å². The van der Waals surface area contributed by atoms with Crippen LogP contribution in [0.5, 0.6) is 0 Å². The standard InChI is InChI=1S/C16H15N3O2/c1-12(13-6-3-2-4-7-13)11-18-15-9-5-8-14(10-17)16(15)19(20)21/h2-9,12,18H,11H2,1H3. The largest absolute Gasteiger partial charge is 0.379 e. The minimum absolute atomic E-state index is 0.0670. The van der Waals surface area contributed by atoms with Crippen molar-refractivity contribution in [2.75, 3.05) is 11.9 Å². The average molecular weight is 281 g/mol. The van der Waals surface area contributed by atoms with Crippen molar-refractivity contribution in [2.24, 2.45) is 0 Å². The Morgan fingerprint density at radius 3 is 2.57 bits per heavy atom. The van der Waals surface area contributed by atoms with Gasteiger partial charge in [0.25, 0.3) is 0 Å². The third-order valence-corrected chi connectivity index (χ3v) is 3.31. The predicted molar refractivity (Wildman–Crippen MR) is 81.2 cm³/mol. The molecule has 0 saturated heterocycles. The van der Waals surface area contributed by atoms with Gasteiger partial charge in [-0.3, -0.25) is 10.1 Å². The molecule has 0 spiro atoms. The quantitative estimate of drug-likeness (QED) is 0.669. The van der Waals surface area contributed by atoms with E-state index in [0.717, 1.165) is 5.56 Å². The number of para-hydroxylation sites is 1. The summed E-state index contributed by atoms with van der Waals surface area (Å²) in [6.07, 6.45) is 0. The summed E-state index contributed by atoms with van der Waals surface area (Å²) in [6, 6.07) is 16.5. The molecule has 0 bridgehead atoms. The van der Waals surface area contributed by atoms with Crippen molar-refractivity contribution < 1.29 is 4.92 Å². The first-order valence-electron chi connectivity index (χ1n) is 6.59. The van der Waals surface area contributed by atoms with Crippen molar-refractivity contribution in [3.05, 3.63) is 69.8 Å². The third-order valence-electron chi connectivity index (χ3n) is 3.31. The second-order valence-corrected chi connectivity index (χ2v) is 4.76. The lowest BCUT2D eigenvalue weighted by molar-refractivity contribution is -0.384. The van der Waals surface area contributed by atoms with Gasteiger partial charge in [-0.15, -0.1) is 0 Å². The van der Waals surface area contributed by atoms with Gasteiger partial charge in [0.05, 0.1) is 4.92 Å². The molecule has 0 radical (unpaired) electrons. The Balaban J connectivity index is 2.18. The molecule has 1 unspecified atom stereocenters. The summed E-state index contributed by atoms with van der Waals surface area (Å²) in [5, 5.41) is 23.2. The maximum atomic E-state index is 11.1. The van der Waals surface area contributed by atoms with E-state index >= 15 is 0 Å². The molecule has 0 amide bonds. The average Bonchev–Trinajstić information content (AvgIpc) is 2.52. The van der Waals surface area contributed by atoms with Crippen LogP contribution in [0, 0.1) is 21.4 Å². The molecule has 0 fully saturated rings. The predicted octanol–water partition coefficient (Wildman–Crippen LogP) is 3.68. The minimum Gasteiger partial charge on any atom is -0.379 e. The summed E-state index contributed by atoms with van der Waals surface area (Å²) in [5.74, 6) is 0.205. The summed E-state index contributed by atoms with van der Waals surface area (Å²) in [5.41, 5.74) is 1.43. The second kappa shape index (κ2) is 6.53. The number of nitro groups is 1. The molecule has 5 nitrogen and oxygen atoms in total. The molecular weight excluding hydrogens is 266 g/mol. The van der Waals surface area contributed by atoms with E-state index in [2.05, 4.69) is 5.32 Å². The smallest absolute Gasteiger partial charge is 0.309 e. The van der Waals surface area contributed by atoms with E-state index in [9.17, 15) is 10.1 Å². The molecule has 0 aliphatic rings. The fourth-order valence-corrected chi connectivity index (χ4v) is 2.14. The van der Waals surface area contributed by atoms with E-state index < -0.39 is 4.92 Å². The molecule has 2 aromatic carbocycles. The molecular formula is C16H15N3O2. The Morgan fingerprint density at radius 1 is 1.24 bits per heavy atom. The highest BCUT2D eigenvalue weighted by molar-refractivity contribution is 5.68. The monoisotopic (exact) mass is 281 g/mol. The van der Waals surface area contributed by atoms with Crippen molar-refractivity contribution in [1.29, 1.82) is 5.26 Å². The number of hydrogen-bond acceptors (Lipinski definition) is 4. The number of nitriles is 1. The molecule has 2 aromatic rings. The second-order valence-electron chi connectivity index (χ2n) is 4.76. The van der Waals surface area contributed by atoms with E-state index in [1.165, 1.54) is 6.07 Å². The van der Waals surface area contributed by atoms with Gasteiger partial charge in [-0.1, -0.05) is 43.3 Å². The first-order chi connectivity index (χ1) is 10.1. The number of nitrogens with one attached hydrogen (secondary N) is 1. The highest BCUT2D eigenvalue weighted by Crippen LogP contribution is 2.28. The molecule has 0 aliphatic heterocycles. The molecule has 1 N–H and O–H groups in total. The van der Waals surface area contributed by atoms with Crippen LogP contribution in [-0.2, 0) is 0 Å². The topological polar surface area (TPSA) is 79.0 Å². The van der Waals surface area contributed by atoms with Gasteiger partial charge in [0, 0.05) is 6.54 Å². The number of nitro benzene ring substituents is 1. The lowest BCUT2D eigenvalue weighted by Gasteiger charge is -2.14. The minimum atomic E-state index is -0.520. The van der Waals surface area contributed by atoms with Gasteiger partial charge >= 0.3 is 5.69 Å². The van der Waals surface area contributed by atoms with Gasteiger partial charge in [0.15, 0.2) is 0 Å². The van der Waals surface area contributed by atoms with Crippen molar-refractivity contribution in [3.8, 4) is 6.07 Å². The molecule has 2 rings (SSSR count). The van der Waals surface area contributed by atoms with Gasteiger partial charge in [0.1, 0.15) is 17.3 Å². The van der Waals surface area contributed by atoms with Gasteiger partial charge in [-0.05, 0) is 23.6 Å². The van der Waals surface area contributed by atoms with Gasteiger partial charge in [-0.25, -0.2) is 0 Å². The summed E-state index contributed by atoms with van der Waals surface area (Å²) >= 11 is 0. The molecule has 0 aromatic heterocycles. The molecule has 0 heterocycles. The van der Waals surface area contributed by atoms with Crippen LogP contribution >= 0.6 is 0 Å². The van der Waals surface area contributed by atoms with Crippen LogP contribution in [0.2, 0.25) is 0 Å². The SMILES string of the molecule is CC(CNc1cccc(C#N)c1[N+](=O)[O-])c1ccccc1. The van der Waals surface area contributed by atoms with Crippen LogP contribution in [0.4, 0.5) is 11.4 Å². The fraction of sp³-hybridized carbons (Fsp3) is 0.188. The maximum Gasteiger partial charge on any atom is 0.309 e. The normalized spacial score (nSPS) is 11.4. The van der Waals surface area contributed by atoms with Crippen LogP contribution in [0.25, 0.3) is 0 Å². The Morgan fingerprint density at radius 2 is 1.95 bits per heavy atom. The number of nitrogens with zero attached hydrogens (tertiary/aromatic N) is 2. The van der Waals surface area contributed by atoms with Crippen molar-refractivity contribution in [3.63, 3.8) is 0 Å². The van der Waals surface area contributed by atoms with E-state index in [4.69, 9.17) is 5.26 Å². The summed E-state index contributed by atoms with van der Waals surface area (Å²) in [7, 11) is 0. The summed E-state index contributed by atoms with van der Waals surface area (Å²) in [4.78, 5) is 10.6. The first-order valence-corrected chi connectivity index (χ1v) is 6.59. The zero-order chi connectivity index (χ0) is 15.2. The number of hydrogen-bond donors (Lipinski definition) is 1. The van der Waals surface area contributed by atoms with Crippen LogP contribution in [-0.4, -0.2) is 11.5 Å². The van der Waals surface area contributed by atoms with E-state index in [-0.39, 0.29) is 17.2 Å². The molecule has 1 atom stereocenters. The Kier molecular flexibility index (Phi) is 4.52. The van der Waals surface area contributed by atoms with Gasteiger partial charge in [-0.2, -0.15) is 5.26 Å². The van der Waals surface area contributed by atoms with Gasteiger partial charge in [0.2, 0.25) is 0 Å². The van der Waals surface area contributed by atoms with Crippen LogP contribution in [0.15, 0.2) is 48.5 Å². The first kappa shape index (κ1) is 14.5. The highest BCUT2D eigenvalue weighted by Gasteiger charge is 2.19. The zero-order valence-electron chi connectivity index (χ0n) is 11.6. The van der Waals surface area contributed by atoms with Crippen molar-refractivity contribution in [2.45, 2.75) is 12.8 Å². The maximum absolute atomic E-state index is 11.1. The summed E-state index contributed by atoms with van der Waals surface area (Å²) in [6.45, 7) is 2.60. The molecule has 5 heteroatoms. The Labute approximate surface area is 123 Å². The number of anilines is 1. The highest BCUT2D eigenvalue weighted by atomic mass is 16.6. The van der Waals surface area contributed by atoms with E-state index in [1.807, 2.05) is 43.3 Å². The molecule has 0 saturated carbocycles. The van der Waals surface area contributed by atoms with Crippen LogP contribution in [0.3, 0.4) is 0 Å². The van der Waals surface area contributed by atoms with Crippen LogP contribution < -0.4 is 5.32 Å². The van der Waals surface area contributed by atoms with Crippen molar-refractivity contribution >= 4 is 11.4 Å². The molecule has 21 heavy (non-hydrogen) atoms. The van der Waals surface area contributed by atoms with Crippen molar-refractivity contribution in [1.82, 2.24) is 0 Å². The summed E-state index contributed by atoms with van der Waals surface area (Å²) < 4.78 is 0. The number of benzene rings is 2. The zero-order valence-corrected chi connectivity index (χ0v) is 11.6. The van der Waals surface area contributed by atoms with E-state index in [0.29, 0.717) is 12.2 Å². The number of rotatable bonds is 5. The Bertz CT molecular complexity index is 678.